The summed E-state index contributed by atoms with van der Waals surface area (Å²) in [5.74, 6) is 1.03. The zero-order valence-corrected chi connectivity index (χ0v) is 11.6. The maximum Gasteiger partial charge on any atom is 0.247 e. The van der Waals surface area contributed by atoms with E-state index in [1.807, 2.05) is 6.92 Å². The van der Waals surface area contributed by atoms with Crippen LogP contribution in [-0.4, -0.2) is 36.0 Å². The van der Waals surface area contributed by atoms with Crippen molar-refractivity contribution >= 4 is 29.3 Å². The van der Waals surface area contributed by atoms with Gasteiger partial charge < -0.3 is 15.4 Å². The fourth-order valence-electron chi connectivity index (χ4n) is 1.69. The van der Waals surface area contributed by atoms with Crippen molar-refractivity contribution in [1.82, 2.24) is 5.32 Å². The molecule has 2 amide bonds. The SMILES string of the molecule is COc1ccc(NC(=O)[C@@H]2CS[C@@H](C)C(=O)N2)cc1. The highest BCUT2D eigenvalue weighted by Crippen LogP contribution is 2.19. The lowest BCUT2D eigenvalue weighted by molar-refractivity contribution is -0.125. The number of nitrogens with one attached hydrogen (secondary N) is 2. The molecule has 2 N–H and O–H groups in total. The summed E-state index contributed by atoms with van der Waals surface area (Å²) in [6, 6.07) is 6.59. The molecule has 0 unspecified atom stereocenters. The van der Waals surface area contributed by atoms with E-state index in [-0.39, 0.29) is 17.1 Å². The number of thioether (sulfide) groups is 1. The highest BCUT2D eigenvalue weighted by atomic mass is 32.2. The second kappa shape index (κ2) is 5.97. The van der Waals surface area contributed by atoms with Crippen molar-refractivity contribution in [3.63, 3.8) is 0 Å². The van der Waals surface area contributed by atoms with Crippen LogP contribution in [0.2, 0.25) is 0 Å². The summed E-state index contributed by atoms with van der Waals surface area (Å²) in [5.41, 5.74) is 0.684. The molecule has 2 rings (SSSR count). The standard InChI is InChI=1S/C13H16N2O3S/c1-8-12(16)15-11(7-19-8)13(17)14-9-3-5-10(18-2)6-4-9/h3-6,8,11H,7H2,1-2H3,(H,14,17)(H,15,16)/t8-,11-/m0/s1. The second-order valence-corrected chi connectivity index (χ2v) is 5.63. The Bertz CT molecular complexity index is 475. The topological polar surface area (TPSA) is 67.4 Å². The van der Waals surface area contributed by atoms with Gasteiger partial charge in [0.25, 0.3) is 0 Å². The van der Waals surface area contributed by atoms with Crippen LogP contribution in [0.5, 0.6) is 5.75 Å². The number of ether oxygens (including phenoxy) is 1. The van der Waals surface area contributed by atoms with E-state index in [1.54, 1.807) is 31.4 Å². The zero-order valence-electron chi connectivity index (χ0n) is 10.8. The van der Waals surface area contributed by atoms with E-state index in [9.17, 15) is 9.59 Å². The van der Waals surface area contributed by atoms with Crippen LogP contribution in [0.15, 0.2) is 24.3 Å². The summed E-state index contributed by atoms with van der Waals surface area (Å²) in [5, 5.41) is 5.40. The Morgan fingerprint density at radius 1 is 1.42 bits per heavy atom. The number of carbonyl (C=O) groups is 2. The number of carbonyl (C=O) groups excluding carboxylic acids is 2. The first-order valence-electron chi connectivity index (χ1n) is 5.97. The Hall–Kier alpha value is -1.69. The summed E-state index contributed by atoms with van der Waals surface area (Å²) in [7, 11) is 1.59. The Morgan fingerprint density at radius 2 is 2.11 bits per heavy atom. The summed E-state index contributed by atoms with van der Waals surface area (Å²) in [6.45, 7) is 1.83. The van der Waals surface area contributed by atoms with Gasteiger partial charge in [-0.25, -0.2) is 0 Å². The molecular formula is C13H16N2O3S. The first kappa shape index (κ1) is 13.7. The van der Waals surface area contributed by atoms with Crippen LogP contribution in [-0.2, 0) is 9.59 Å². The van der Waals surface area contributed by atoms with E-state index in [4.69, 9.17) is 4.74 Å². The van der Waals surface area contributed by atoms with Crippen LogP contribution in [0.4, 0.5) is 5.69 Å². The van der Waals surface area contributed by atoms with Gasteiger partial charge in [0.15, 0.2) is 0 Å². The number of amides is 2. The molecule has 1 aromatic carbocycles. The molecule has 5 nitrogen and oxygen atoms in total. The molecule has 0 aromatic heterocycles. The second-order valence-electron chi connectivity index (χ2n) is 4.25. The first-order chi connectivity index (χ1) is 9.10. The molecule has 1 aliphatic rings. The van der Waals surface area contributed by atoms with E-state index >= 15 is 0 Å². The lowest BCUT2D eigenvalue weighted by atomic mass is 10.2. The highest BCUT2D eigenvalue weighted by Gasteiger charge is 2.29. The van der Waals surface area contributed by atoms with Crippen molar-refractivity contribution in [2.75, 3.05) is 18.2 Å². The third-order valence-corrected chi connectivity index (χ3v) is 4.11. The Balaban J connectivity index is 1.95. The van der Waals surface area contributed by atoms with E-state index in [2.05, 4.69) is 10.6 Å². The minimum atomic E-state index is -0.476. The zero-order chi connectivity index (χ0) is 13.8. The van der Waals surface area contributed by atoms with Crippen molar-refractivity contribution < 1.29 is 14.3 Å². The van der Waals surface area contributed by atoms with Crippen LogP contribution < -0.4 is 15.4 Å². The predicted octanol–water partition coefficient (Wildman–Crippen LogP) is 1.25. The number of benzene rings is 1. The number of methoxy groups -OCH3 is 1. The van der Waals surface area contributed by atoms with Gasteiger partial charge in [-0.3, -0.25) is 9.59 Å². The van der Waals surface area contributed by atoms with Crippen LogP contribution in [0.3, 0.4) is 0 Å². The molecule has 102 valence electrons. The maximum atomic E-state index is 12.0. The largest absolute Gasteiger partial charge is 0.497 e. The molecule has 1 saturated heterocycles. The molecular weight excluding hydrogens is 264 g/mol. The van der Waals surface area contributed by atoms with E-state index in [0.717, 1.165) is 5.75 Å². The average Bonchev–Trinajstić information content (AvgIpc) is 2.42. The smallest absolute Gasteiger partial charge is 0.247 e. The molecule has 0 saturated carbocycles. The molecule has 0 radical (unpaired) electrons. The van der Waals surface area contributed by atoms with Gasteiger partial charge in [-0.15, -0.1) is 11.8 Å². The van der Waals surface area contributed by atoms with Gasteiger partial charge in [-0.05, 0) is 31.2 Å². The number of hydrogen-bond acceptors (Lipinski definition) is 4. The lowest BCUT2D eigenvalue weighted by Crippen LogP contribution is -2.51. The molecule has 1 fully saturated rings. The van der Waals surface area contributed by atoms with Gasteiger partial charge in [0.2, 0.25) is 11.8 Å². The van der Waals surface area contributed by atoms with Crippen LogP contribution in [0, 0.1) is 0 Å². The summed E-state index contributed by atoms with van der Waals surface area (Å²) in [6.07, 6.45) is 0. The van der Waals surface area contributed by atoms with Gasteiger partial charge in [-0.2, -0.15) is 0 Å². The van der Waals surface area contributed by atoms with Crippen LogP contribution in [0.1, 0.15) is 6.92 Å². The molecule has 1 heterocycles. The van der Waals surface area contributed by atoms with Gasteiger partial charge in [0.1, 0.15) is 11.8 Å². The van der Waals surface area contributed by atoms with Gasteiger partial charge in [0.05, 0.1) is 12.4 Å². The molecule has 0 bridgehead atoms. The molecule has 0 spiro atoms. The van der Waals surface area contributed by atoms with Crippen molar-refractivity contribution in [3.8, 4) is 5.75 Å². The molecule has 0 aliphatic carbocycles. The average molecular weight is 280 g/mol. The minimum absolute atomic E-state index is 0.0915. The van der Waals surface area contributed by atoms with Crippen molar-refractivity contribution in [1.29, 1.82) is 0 Å². The summed E-state index contributed by atoms with van der Waals surface area (Å²) in [4.78, 5) is 23.5. The van der Waals surface area contributed by atoms with Crippen molar-refractivity contribution in [3.05, 3.63) is 24.3 Å². The molecule has 6 heteroatoms. The Labute approximate surface area is 116 Å². The quantitative estimate of drug-likeness (QED) is 0.874. The summed E-state index contributed by atoms with van der Waals surface area (Å²) < 4.78 is 5.04. The number of hydrogen-bond donors (Lipinski definition) is 2. The Kier molecular flexibility index (Phi) is 4.31. The van der Waals surface area contributed by atoms with Gasteiger partial charge >= 0.3 is 0 Å². The maximum absolute atomic E-state index is 12.0. The number of rotatable bonds is 3. The molecule has 19 heavy (non-hydrogen) atoms. The Morgan fingerprint density at radius 3 is 2.68 bits per heavy atom. The molecule has 1 aliphatic heterocycles. The summed E-state index contributed by atoms with van der Waals surface area (Å²) >= 11 is 1.49. The third-order valence-electron chi connectivity index (χ3n) is 2.87. The number of anilines is 1. The molecule has 1 aromatic rings. The minimum Gasteiger partial charge on any atom is -0.497 e. The van der Waals surface area contributed by atoms with E-state index in [0.29, 0.717) is 11.4 Å². The fraction of sp³-hybridized carbons (Fsp3) is 0.385. The monoisotopic (exact) mass is 280 g/mol. The van der Waals surface area contributed by atoms with E-state index < -0.39 is 6.04 Å². The lowest BCUT2D eigenvalue weighted by Gasteiger charge is -2.25. The first-order valence-corrected chi connectivity index (χ1v) is 7.02. The van der Waals surface area contributed by atoms with Crippen LogP contribution in [0.25, 0.3) is 0 Å². The molecule has 2 atom stereocenters. The highest BCUT2D eigenvalue weighted by molar-refractivity contribution is 8.00. The van der Waals surface area contributed by atoms with Crippen molar-refractivity contribution in [2.45, 2.75) is 18.2 Å². The third kappa shape index (κ3) is 3.41. The van der Waals surface area contributed by atoms with E-state index in [1.165, 1.54) is 11.8 Å². The van der Waals surface area contributed by atoms with Crippen molar-refractivity contribution in [2.24, 2.45) is 0 Å². The predicted molar refractivity (Wildman–Crippen MR) is 75.5 cm³/mol. The van der Waals surface area contributed by atoms with Crippen LogP contribution >= 0.6 is 11.8 Å². The fourth-order valence-corrected chi connectivity index (χ4v) is 2.63. The van der Waals surface area contributed by atoms with Gasteiger partial charge in [-0.1, -0.05) is 0 Å². The van der Waals surface area contributed by atoms with Gasteiger partial charge in [0, 0.05) is 11.4 Å². The normalized spacial score (nSPS) is 22.5.